The summed E-state index contributed by atoms with van der Waals surface area (Å²) in [5, 5.41) is 0. The summed E-state index contributed by atoms with van der Waals surface area (Å²) in [6.45, 7) is 23.3. The lowest BCUT2D eigenvalue weighted by atomic mass is 9.30. The van der Waals surface area contributed by atoms with E-state index in [1.54, 1.807) is 0 Å². The van der Waals surface area contributed by atoms with Gasteiger partial charge in [-0.05, 0) is 128 Å². The van der Waals surface area contributed by atoms with E-state index in [0.29, 0.717) is 5.56 Å². The van der Waals surface area contributed by atoms with Crippen molar-refractivity contribution in [3.63, 3.8) is 0 Å². The Balaban J connectivity index is 1.28. The van der Waals surface area contributed by atoms with Crippen LogP contribution < -0.4 is 20.7 Å². The van der Waals surface area contributed by atoms with E-state index in [1.807, 2.05) is 0 Å². The van der Waals surface area contributed by atoms with E-state index in [9.17, 15) is 2.74 Å². The lowest BCUT2D eigenvalue weighted by molar-refractivity contribution is 0.195. The second kappa shape index (κ2) is 14.0. The Morgan fingerprint density at radius 1 is 0.545 bits per heavy atom. The van der Waals surface area contributed by atoms with Crippen molar-refractivity contribution in [3.8, 4) is 33.4 Å². The molecule has 1 saturated carbocycles. The van der Waals surface area contributed by atoms with Gasteiger partial charge in [-0.15, -0.1) is 0 Å². The molecule has 0 saturated heterocycles. The predicted molar refractivity (Wildman–Crippen MR) is 283 cm³/mol. The van der Waals surface area contributed by atoms with E-state index in [-0.39, 0.29) is 64.3 Å². The molecule has 66 heavy (non-hydrogen) atoms. The Morgan fingerprint density at radius 2 is 1.15 bits per heavy atom. The highest BCUT2D eigenvalue weighted by atomic mass is 15.3. The van der Waals surface area contributed by atoms with Gasteiger partial charge in [0.15, 0.2) is 0 Å². The molecule has 0 radical (unpaired) electrons. The summed E-state index contributed by atoms with van der Waals surface area (Å²) in [5.41, 5.74) is 20.3. The van der Waals surface area contributed by atoms with Gasteiger partial charge in [0, 0.05) is 44.7 Å². The molecule has 0 amide bonds. The Morgan fingerprint density at radius 3 is 1.83 bits per heavy atom. The van der Waals surface area contributed by atoms with Crippen LogP contribution in [0.1, 0.15) is 130 Å². The molecule has 1 fully saturated rings. The molecule has 5 aliphatic rings. The van der Waals surface area contributed by atoms with E-state index in [0.717, 1.165) is 59.2 Å². The molecule has 2 aliphatic carbocycles. The van der Waals surface area contributed by atoms with Crippen molar-refractivity contribution in [2.45, 2.75) is 122 Å². The van der Waals surface area contributed by atoms with Crippen molar-refractivity contribution in [1.29, 1.82) is 0 Å². The molecular weight excluding hydrogens is 796 g/mol. The van der Waals surface area contributed by atoms with Gasteiger partial charge in [-0.25, -0.2) is 0 Å². The van der Waals surface area contributed by atoms with E-state index >= 15 is 0 Å². The highest BCUT2D eigenvalue weighted by Crippen LogP contribution is 2.64. The first-order valence-corrected chi connectivity index (χ1v) is 24.3. The van der Waals surface area contributed by atoms with Crippen LogP contribution in [0, 0.1) is 0 Å². The van der Waals surface area contributed by atoms with Gasteiger partial charge in [-0.2, -0.15) is 0 Å². The Kier molecular flexibility index (Phi) is 7.65. The van der Waals surface area contributed by atoms with Gasteiger partial charge in [-0.1, -0.05) is 196 Å². The van der Waals surface area contributed by atoms with Gasteiger partial charge in [0.05, 0.1) is 18.1 Å². The summed E-state index contributed by atoms with van der Waals surface area (Å²) in [7, 11) is 0. The third-order valence-corrected chi connectivity index (χ3v) is 16.8. The molecule has 328 valence electrons. The number of hydrogen-bond donors (Lipinski definition) is 0. The normalized spacial score (nSPS) is 22.1. The van der Waals surface area contributed by atoms with Crippen LogP contribution in [-0.2, 0) is 21.7 Å². The summed E-state index contributed by atoms with van der Waals surface area (Å²) in [6.07, 6.45) is 4.17. The zero-order valence-electron chi connectivity index (χ0n) is 45.3. The summed E-state index contributed by atoms with van der Waals surface area (Å²) in [6, 6.07) is 44.2. The van der Waals surface area contributed by atoms with Crippen LogP contribution in [0.4, 0.5) is 22.7 Å². The Hall–Kier alpha value is -6.06. The van der Waals surface area contributed by atoms with Crippen molar-refractivity contribution in [3.05, 3.63) is 185 Å². The van der Waals surface area contributed by atoms with Crippen molar-refractivity contribution in [1.82, 2.24) is 0 Å². The maximum Gasteiger partial charge on any atom is 0.248 e. The van der Waals surface area contributed by atoms with Crippen LogP contribution in [0.5, 0.6) is 0 Å². The van der Waals surface area contributed by atoms with E-state index in [2.05, 4.69) is 200 Å². The van der Waals surface area contributed by atoms with Crippen LogP contribution in [0.3, 0.4) is 0 Å². The smallest absolute Gasteiger partial charge is 0.248 e. The molecule has 0 spiro atoms. The summed E-state index contributed by atoms with van der Waals surface area (Å²) < 4.78 is 45.1. The van der Waals surface area contributed by atoms with Gasteiger partial charge in [0.2, 0.25) is 6.71 Å². The second-order valence-corrected chi connectivity index (χ2v) is 22.9. The Labute approximate surface area is 401 Å². The summed E-state index contributed by atoms with van der Waals surface area (Å²) in [5.74, 6) is 0. The lowest BCUT2D eigenvalue weighted by Gasteiger charge is -2.53. The van der Waals surface area contributed by atoms with Gasteiger partial charge in [0.1, 0.15) is 0 Å². The minimum Gasteiger partial charge on any atom is -0.335 e. The zero-order chi connectivity index (χ0) is 50.1. The fourth-order valence-corrected chi connectivity index (χ4v) is 13.0. The number of rotatable bonds is 4. The average molecular weight is 864 g/mol. The number of fused-ring (bicyclic) bond motifs is 8. The fourth-order valence-electron chi connectivity index (χ4n) is 13.0. The highest BCUT2D eigenvalue weighted by Gasteiger charge is 2.63. The summed E-state index contributed by atoms with van der Waals surface area (Å²) in [4.78, 5) is 5.39. The maximum atomic E-state index is 9.39. The van der Waals surface area contributed by atoms with Crippen LogP contribution in [-0.4, -0.2) is 12.3 Å². The molecule has 0 bridgehead atoms. The highest BCUT2D eigenvalue weighted by molar-refractivity contribution is 6.96. The number of nitrogens with zero attached hydrogens (tertiary/aromatic N) is 2. The zero-order valence-corrected chi connectivity index (χ0v) is 40.3. The van der Waals surface area contributed by atoms with Crippen LogP contribution >= 0.6 is 0 Å². The minimum atomic E-state index is -0.448. The third-order valence-electron chi connectivity index (χ3n) is 16.8. The predicted octanol–water partition coefficient (Wildman–Crippen LogP) is 15.3. The van der Waals surface area contributed by atoms with Crippen molar-refractivity contribution in [2.24, 2.45) is 0 Å². The first-order chi connectivity index (χ1) is 33.6. The van der Waals surface area contributed by atoms with Crippen molar-refractivity contribution in [2.75, 3.05) is 9.80 Å². The topological polar surface area (TPSA) is 6.48 Å². The monoisotopic (exact) mass is 864 g/mol. The molecule has 2 unspecified atom stereocenters. The quantitative estimate of drug-likeness (QED) is 0.163. The number of hydrogen-bond acceptors (Lipinski definition) is 2. The van der Waals surface area contributed by atoms with E-state index in [1.165, 1.54) is 61.4 Å². The SMILES string of the molecule is [2H]c1c([2H])c([2H])c(-c2cc3c4c(c2)C2(C)CCCCC2(C)N4c2cc(-c4ccccc4)cc4c2B3C2=C(c3cc(C(C)(C)C)ccc3C2(C)C)N4c2ccc(C(C)(C)C)cc2-c2ccccc2)c([2H])c1[2H]. The minimum absolute atomic E-state index is 0.0906. The fraction of sp³-hybridized carbons (Fsp3) is 0.302. The number of anilines is 4. The molecule has 0 aromatic heterocycles. The maximum absolute atomic E-state index is 9.39. The molecule has 12 rings (SSSR count). The van der Waals surface area contributed by atoms with Crippen molar-refractivity contribution < 1.29 is 6.85 Å². The van der Waals surface area contributed by atoms with Gasteiger partial charge >= 0.3 is 0 Å². The molecule has 3 heteroatoms. The van der Waals surface area contributed by atoms with Crippen molar-refractivity contribution >= 4 is 46.1 Å². The largest absolute Gasteiger partial charge is 0.335 e. The molecule has 0 N–H and O–H groups in total. The van der Waals surface area contributed by atoms with Gasteiger partial charge in [0.25, 0.3) is 0 Å². The van der Waals surface area contributed by atoms with E-state index < -0.39 is 5.41 Å². The molecule has 3 heterocycles. The van der Waals surface area contributed by atoms with Crippen LogP contribution in [0.15, 0.2) is 157 Å². The third kappa shape index (κ3) is 5.68. The number of benzene rings is 7. The molecular formula is C63H63BN2. The molecule has 3 aliphatic heterocycles. The second-order valence-electron chi connectivity index (χ2n) is 22.9. The van der Waals surface area contributed by atoms with Crippen LogP contribution in [0.25, 0.3) is 39.1 Å². The average Bonchev–Trinajstić information content (AvgIpc) is 3.71. The standard InChI is InChI=1S/C63H63BN2/c1-59(2,3)45-28-30-49-48(39-45)56-58(61(49,7)8)64-51-35-43(40-22-14-11-15-23-40)34-50-57(51)66(63(10)33-21-20-32-62(50,63)9)54-37-44(41-24-16-12-17-25-41)36-53(55(54)64)65(56)52-31-29-46(60(4,5)6)38-47(52)42-26-18-13-19-27-42/h11-19,22-31,34-39H,20-21,32-33H2,1-10H3/i11D,14D,15D,22D,23D. The first-order valence-electron chi connectivity index (χ1n) is 26.8. The first kappa shape index (κ1) is 36.1. The molecule has 7 aromatic carbocycles. The number of allylic oxidation sites excluding steroid dienone is 1. The molecule has 2 atom stereocenters. The van der Waals surface area contributed by atoms with E-state index in [4.69, 9.17) is 4.11 Å². The Bertz CT molecular complexity index is 3440. The lowest BCUT2D eigenvalue weighted by Crippen LogP contribution is -2.62. The summed E-state index contributed by atoms with van der Waals surface area (Å²) >= 11 is 0. The molecule has 7 aromatic rings. The van der Waals surface area contributed by atoms with Gasteiger partial charge < -0.3 is 9.80 Å². The molecule has 2 nitrogen and oxygen atoms in total. The van der Waals surface area contributed by atoms with Crippen LogP contribution in [0.2, 0.25) is 0 Å². The van der Waals surface area contributed by atoms with Gasteiger partial charge in [-0.3, -0.25) is 0 Å².